The first-order valence-corrected chi connectivity index (χ1v) is 13.3. The van der Waals surface area contributed by atoms with Crippen LogP contribution >= 0.6 is 15.6 Å². The first-order valence-electron chi connectivity index (χ1n) is 10.3. The third-order valence-corrected chi connectivity index (χ3v) is 7.95. The number of phosphoric ester groups is 2. The van der Waals surface area contributed by atoms with Crippen molar-refractivity contribution in [3.63, 3.8) is 0 Å². The lowest BCUT2D eigenvalue weighted by molar-refractivity contribution is -0.280. The Balaban J connectivity index is 1.59. The van der Waals surface area contributed by atoms with E-state index in [4.69, 9.17) is 14.6 Å². The molecule has 0 spiro atoms. The first kappa shape index (κ1) is 29.2. The maximum Gasteiger partial charge on any atom is 0.483 e. The number of hydrogen-bond donors (Lipinski definition) is 8. The molecule has 4 unspecified atom stereocenters. The quantitative estimate of drug-likeness (QED) is 0.135. The number of rotatable bonds is 9. The number of aromatic nitrogens is 2. The van der Waals surface area contributed by atoms with Crippen molar-refractivity contribution >= 4 is 15.6 Å². The molecule has 2 aliphatic heterocycles. The van der Waals surface area contributed by atoms with E-state index < -0.39 is 89.2 Å². The molecule has 0 amide bonds. The van der Waals surface area contributed by atoms with E-state index in [-0.39, 0.29) is 12.0 Å². The molecule has 0 saturated carbocycles. The van der Waals surface area contributed by atoms with E-state index in [1.165, 1.54) is 13.1 Å². The SMILES string of the molecule is Cc1cn(C2C[C@H](O)[C@@H](COP(=O)(O)OP(=O)(O)OC3O[C@H](CO)[C@H](O)[C@@H](O)[C@@H]3O)O2)c(=O)[nH]c1=O. The minimum Gasteiger partial charge on any atom is -0.394 e. The predicted octanol–water partition coefficient (Wildman–Crippen LogP) is -3.46. The van der Waals surface area contributed by atoms with Gasteiger partial charge >= 0.3 is 21.3 Å². The highest BCUT2D eigenvalue weighted by Crippen LogP contribution is 2.61. The number of H-pyrrole nitrogens is 1. The highest BCUT2D eigenvalue weighted by atomic mass is 31.3. The molecule has 3 rings (SSSR count). The van der Waals surface area contributed by atoms with Crippen LogP contribution in [0.3, 0.4) is 0 Å². The normalized spacial score (nSPS) is 36.3. The third-order valence-electron chi connectivity index (χ3n) is 5.35. The molecular weight excluding hydrogens is 538 g/mol. The zero-order valence-electron chi connectivity index (χ0n) is 18.5. The summed E-state index contributed by atoms with van der Waals surface area (Å²) in [5.74, 6) is 0. The molecule has 20 heteroatoms. The highest BCUT2D eigenvalue weighted by molar-refractivity contribution is 7.61. The summed E-state index contributed by atoms with van der Waals surface area (Å²) in [7, 11) is -10.9. The van der Waals surface area contributed by atoms with Crippen molar-refractivity contribution in [1.82, 2.24) is 9.55 Å². The van der Waals surface area contributed by atoms with Crippen LogP contribution in [-0.2, 0) is 32.0 Å². The Kier molecular flexibility index (Phi) is 9.08. The number of hydrogen-bond acceptors (Lipinski definition) is 14. The van der Waals surface area contributed by atoms with E-state index in [1.807, 2.05) is 0 Å². The van der Waals surface area contributed by atoms with Crippen molar-refractivity contribution in [3.8, 4) is 0 Å². The largest absolute Gasteiger partial charge is 0.483 e. The molecule has 3 heterocycles. The van der Waals surface area contributed by atoms with Crippen molar-refractivity contribution in [1.29, 1.82) is 0 Å². The second kappa shape index (κ2) is 11.2. The number of nitrogens with one attached hydrogen (secondary N) is 1. The zero-order chi connectivity index (χ0) is 27.0. The number of aryl methyl sites for hydroxylation is 1. The Morgan fingerprint density at radius 1 is 1.06 bits per heavy atom. The summed E-state index contributed by atoms with van der Waals surface area (Å²) >= 11 is 0. The van der Waals surface area contributed by atoms with Crippen LogP contribution in [0.15, 0.2) is 15.8 Å². The Morgan fingerprint density at radius 3 is 2.36 bits per heavy atom. The average molecular weight is 564 g/mol. The van der Waals surface area contributed by atoms with Gasteiger partial charge in [-0.25, -0.2) is 13.9 Å². The van der Waals surface area contributed by atoms with Gasteiger partial charge in [-0.05, 0) is 6.92 Å². The molecule has 0 bridgehead atoms. The zero-order valence-corrected chi connectivity index (χ0v) is 20.3. The van der Waals surface area contributed by atoms with Crippen LogP contribution in [0.5, 0.6) is 0 Å². The van der Waals surface area contributed by atoms with E-state index in [0.29, 0.717) is 0 Å². The summed E-state index contributed by atoms with van der Waals surface area (Å²) in [4.78, 5) is 45.2. The number of aliphatic hydroxyl groups is 5. The molecule has 2 fully saturated rings. The minimum absolute atomic E-state index is 0.172. The molecule has 0 aliphatic carbocycles. The second-order valence-corrected chi connectivity index (χ2v) is 11.0. The number of aliphatic hydroxyl groups excluding tert-OH is 5. The summed E-state index contributed by atoms with van der Waals surface area (Å²) in [5.41, 5.74) is -1.27. The lowest BCUT2D eigenvalue weighted by Crippen LogP contribution is -2.58. The summed E-state index contributed by atoms with van der Waals surface area (Å²) in [6, 6.07) is 0. The maximum atomic E-state index is 12.2. The molecule has 1 aromatic heterocycles. The molecule has 0 radical (unpaired) electrons. The molecule has 0 aromatic carbocycles. The Morgan fingerprint density at radius 2 is 1.72 bits per heavy atom. The Hall–Kier alpha value is -1.34. The molecule has 8 N–H and O–H groups in total. The molecule has 10 atom stereocenters. The minimum atomic E-state index is -5.54. The summed E-state index contributed by atoms with van der Waals surface area (Å²) in [6.45, 7) is -0.305. The molecular formula is C16H26N2O16P2. The van der Waals surface area contributed by atoms with Crippen LogP contribution in [0.1, 0.15) is 18.2 Å². The van der Waals surface area contributed by atoms with E-state index in [9.17, 15) is 48.9 Å². The molecule has 2 aliphatic rings. The van der Waals surface area contributed by atoms with Crippen molar-refractivity contribution in [2.75, 3.05) is 13.2 Å². The van der Waals surface area contributed by atoms with Crippen LogP contribution in [0.2, 0.25) is 0 Å². The summed E-state index contributed by atoms with van der Waals surface area (Å²) in [5, 5.41) is 48.5. The monoisotopic (exact) mass is 564 g/mol. The van der Waals surface area contributed by atoms with Crippen molar-refractivity contribution in [2.45, 2.75) is 62.5 Å². The fourth-order valence-corrected chi connectivity index (χ4v) is 5.62. The van der Waals surface area contributed by atoms with Crippen LogP contribution in [0.4, 0.5) is 0 Å². The van der Waals surface area contributed by atoms with Gasteiger partial charge in [0.1, 0.15) is 36.7 Å². The maximum absolute atomic E-state index is 12.2. The fraction of sp³-hybridized carbons (Fsp3) is 0.750. The van der Waals surface area contributed by atoms with Crippen LogP contribution in [-0.4, -0.2) is 101 Å². The first-order chi connectivity index (χ1) is 16.6. The average Bonchev–Trinajstić information content (AvgIpc) is 3.14. The lowest BCUT2D eigenvalue weighted by atomic mass is 10.00. The van der Waals surface area contributed by atoms with Crippen molar-refractivity contribution < 1.29 is 67.3 Å². The number of aromatic amines is 1. The van der Waals surface area contributed by atoms with Crippen molar-refractivity contribution in [3.05, 3.63) is 32.6 Å². The van der Waals surface area contributed by atoms with Gasteiger partial charge in [-0.15, -0.1) is 0 Å². The topological polar surface area (TPSA) is 277 Å². The number of nitrogens with zero attached hydrogens (tertiary/aromatic N) is 1. The predicted molar refractivity (Wildman–Crippen MR) is 112 cm³/mol. The van der Waals surface area contributed by atoms with Crippen molar-refractivity contribution in [2.24, 2.45) is 0 Å². The van der Waals surface area contributed by atoms with Gasteiger partial charge in [0.2, 0.25) is 0 Å². The Bertz CT molecular complexity index is 1140. The smallest absolute Gasteiger partial charge is 0.394 e. The molecule has 18 nitrogen and oxygen atoms in total. The fourth-order valence-electron chi connectivity index (χ4n) is 3.46. The van der Waals surface area contributed by atoms with E-state index in [1.54, 1.807) is 0 Å². The van der Waals surface area contributed by atoms with E-state index in [2.05, 4.69) is 18.3 Å². The van der Waals surface area contributed by atoms with Gasteiger partial charge < -0.3 is 44.8 Å². The molecule has 206 valence electrons. The second-order valence-electron chi connectivity index (χ2n) is 8.03. The van der Waals surface area contributed by atoms with Gasteiger partial charge in [-0.1, -0.05) is 0 Å². The van der Waals surface area contributed by atoms with Gasteiger partial charge in [0.25, 0.3) is 5.56 Å². The van der Waals surface area contributed by atoms with Gasteiger partial charge in [-0.3, -0.25) is 23.4 Å². The van der Waals surface area contributed by atoms with Crippen LogP contribution in [0.25, 0.3) is 0 Å². The third kappa shape index (κ3) is 6.75. The van der Waals surface area contributed by atoms with Gasteiger partial charge in [0.05, 0.1) is 19.3 Å². The molecule has 36 heavy (non-hydrogen) atoms. The van der Waals surface area contributed by atoms with Crippen LogP contribution in [0, 0.1) is 6.92 Å². The standard InChI is InChI=1S/C16H26N2O16P2/c1-6-3-18(16(25)17-14(6)24)10-2-7(20)9(31-10)5-30-35(26,27)34-36(28,29)33-15-13(23)12(22)11(21)8(4-19)32-15/h3,7-13,15,19-23H,2,4-5H2,1H3,(H,26,27)(H,28,29)(H,17,24,25)/t7-,8+,9+,10?,11-,12+,13-,15?/m0/s1. The summed E-state index contributed by atoms with van der Waals surface area (Å²) < 4.78 is 48.8. The summed E-state index contributed by atoms with van der Waals surface area (Å²) in [6.07, 6.45) is -12.2. The number of ether oxygens (including phenoxy) is 2. The highest BCUT2D eigenvalue weighted by Gasteiger charge is 2.48. The molecule has 1 aromatic rings. The molecule has 2 saturated heterocycles. The van der Waals surface area contributed by atoms with E-state index >= 15 is 0 Å². The van der Waals surface area contributed by atoms with Crippen LogP contribution < -0.4 is 11.2 Å². The lowest BCUT2D eigenvalue weighted by Gasteiger charge is -2.39. The number of phosphoric acid groups is 2. The Labute approximate surface area is 201 Å². The van der Waals surface area contributed by atoms with Gasteiger partial charge in [0.15, 0.2) is 6.29 Å². The van der Waals surface area contributed by atoms with E-state index in [0.717, 1.165) is 4.57 Å². The van der Waals surface area contributed by atoms with Gasteiger partial charge in [-0.2, -0.15) is 4.31 Å². The van der Waals surface area contributed by atoms with Gasteiger partial charge in [0, 0.05) is 18.2 Å².